The predicted octanol–water partition coefficient (Wildman–Crippen LogP) is 4.09. The Hall–Kier alpha value is -3.39. The lowest BCUT2D eigenvalue weighted by Crippen LogP contribution is -2.31. The van der Waals surface area contributed by atoms with Crippen molar-refractivity contribution in [3.63, 3.8) is 0 Å². The van der Waals surface area contributed by atoms with E-state index in [-0.39, 0.29) is 42.9 Å². The summed E-state index contributed by atoms with van der Waals surface area (Å²) < 4.78 is 13.4. The summed E-state index contributed by atoms with van der Waals surface area (Å²) in [5.74, 6) is -1.17. The number of carbonyl (C=O) groups excluding carboxylic acids is 3. The minimum Gasteiger partial charge on any atom is -0.302 e. The zero-order valence-electron chi connectivity index (χ0n) is 16.2. The molecule has 1 aliphatic heterocycles. The van der Waals surface area contributed by atoms with Crippen molar-refractivity contribution >= 4 is 40.4 Å². The van der Waals surface area contributed by atoms with Crippen LogP contribution in [0.25, 0.3) is 0 Å². The van der Waals surface area contributed by atoms with Crippen LogP contribution in [0.3, 0.4) is 0 Å². The number of hydrogen-bond acceptors (Lipinski definition) is 5. The second kappa shape index (κ2) is 8.16. The molecule has 6 nitrogen and oxygen atoms in total. The van der Waals surface area contributed by atoms with Crippen LogP contribution in [-0.4, -0.2) is 22.7 Å². The monoisotopic (exact) mass is 423 g/mol. The van der Waals surface area contributed by atoms with Gasteiger partial charge in [0.2, 0.25) is 11.8 Å². The number of nitrogens with zero attached hydrogens (tertiary/aromatic N) is 3. The van der Waals surface area contributed by atoms with Crippen molar-refractivity contribution < 1.29 is 18.8 Å². The summed E-state index contributed by atoms with van der Waals surface area (Å²) in [5.41, 5.74) is 2.11. The Morgan fingerprint density at radius 1 is 1.07 bits per heavy atom. The van der Waals surface area contributed by atoms with Crippen LogP contribution in [0, 0.1) is 12.7 Å². The van der Waals surface area contributed by atoms with Gasteiger partial charge in [-0.2, -0.15) is 0 Å². The van der Waals surface area contributed by atoms with Gasteiger partial charge in [0.05, 0.1) is 22.9 Å². The third kappa shape index (κ3) is 3.99. The molecule has 8 heteroatoms. The Balaban J connectivity index is 1.63. The molecule has 0 atom stereocenters. The Labute approximate surface area is 176 Å². The maximum Gasteiger partial charge on any atom is 0.258 e. The van der Waals surface area contributed by atoms with E-state index in [0.29, 0.717) is 16.9 Å². The standard InChI is InChI=1S/C22H18FN3O3S/c1-14-24-17(13-30-14)12-25(18-8-4-16(23)5-9-18)22(29)15-2-6-19(7-3-15)26-20(27)10-11-21(26)28/h2-9,13H,10-12H2,1H3. The summed E-state index contributed by atoms with van der Waals surface area (Å²) in [4.78, 5) is 44.2. The first kappa shape index (κ1) is 19.9. The second-order valence-electron chi connectivity index (χ2n) is 6.90. The highest BCUT2D eigenvalue weighted by Gasteiger charge is 2.30. The van der Waals surface area contributed by atoms with Gasteiger partial charge in [-0.1, -0.05) is 0 Å². The molecule has 152 valence electrons. The van der Waals surface area contributed by atoms with Crippen LogP contribution < -0.4 is 9.80 Å². The van der Waals surface area contributed by atoms with E-state index in [1.807, 2.05) is 12.3 Å². The highest BCUT2D eigenvalue weighted by atomic mass is 32.1. The minimum atomic E-state index is -0.389. The van der Waals surface area contributed by atoms with Crippen LogP contribution in [0.5, 0.6) is 0 Å². The summed E-state index contributed by atoms with van der Waals surface area (Å²) >= 11 is 1.49. The molecule has 3 aromatic rings. The zero-order valence-corrected chi connectivity index (χ0v) is 17.0. The van der Waals surface area contributed by atoms with E-state index < -0.39 is 0 Å². The van der Waals surface area contributed by atoms with E-state index in [0.717, 1.165) is 15.6 Å². The van der Waals surface area contributed by atoms with Gasteiger partial charge < -0.3 is 4.90 Å². The molecule has 1 saturated heterocycles. The fraction of sp³-hybridized carbons (Fsp3) is 0.182. The quantitative estimate of drug-likeness (QED) is 0.580. The summed E-state index contributed by atoms with van der Waals surface area (Å²) in [6.45, 7) is 2.12. The van der Waals surface area contributed by atoms with Gasteiger partial charge in [0, 0.05) is 29.5 Å². The molecule has 0 saturated carbocycles. The average Bonchev–Trinajstić information content (AvgIpc) is 3.31. The number of imide groups is 1. The zero-order chi connectivity index (χ0) is 21.3. The summed E-state index contributed by atoms with van der Waals surface area (Å²) in [6.07, 6.45) is 0.399. The molecule has 0 spiro atoms. The summed E-state index contributed by atoms with van der Waals surface area (Å²) in [5, 5.41) is 2.77. The number of rotatable bonds is 5. The molecule has 0 unspecified atom stereocenters. The Kier molecular flexibility index (Phi) is 5.41. The number of benzene rings is 2. The van der Waals surface area contributed by atoms with Crippen LogP contribution in [0.15, 0.2) is 53.9 Å². The number of halogens is 1. The molecule has 4 rings (SSSR count). The van der Waals surface area contributed by atoms with E-state index >= 15 is 0 Å². The number of thiazole rings is 1. The molecule has 3 amide bonds. The van der Waals surface area contributed by atoms with Gasteiger partial charge in [0.25, 0.3) is 5.91 Å². The third-order valence-corrected chi connectivity index (χ3v) is 5.62. The number of aryl methyl sites for hydroxylation is 1. The topological polar surface area (TPSA) is 70.6 Å². The molecule has 0 bridgehead atoms. The first-order valence-corrected chi connectivity index (χ1v) is 10.2. The van der Waals surface area contributed by atoms with Crippen LogP contribution in [0.4, 0.5) is 15.8 Å². The van der Waals surface area contributed by atoms with Crippen molar-refractivity contribution in [2.24, 2.45) is 0 Å². The lowest BCUT2D eigenvalue weighted by Gasteiger charge is -2.22. The minimum absolute atomic E-state index is 0.199. The highest BCUT2D eigenvalue weighted by Crippen LogP contribution is 2.25. The molecule has 1 aromatic heterocycles. The van der Waals surface area contributed by atoms with Crippen molar-refractivity contribution in [3.05, 3.63) is 76.0 Å². The first-order chi connectivity index (χ1) is 14.4. The van der Waals surface area contributed by atoms with Gasteiger partial charge in [-0.05, 0) is 55.5 Å². The van der Waals surface area contributed by atoms with Gasteiger partial charge in [-0.3, -0.25) is 19.3 Å². The molecule has 0 N–H and O–H groups in total. The fourth-order valence-electron chi connectivity index (χ4n) is 3.32. The molecule has 1 fully saturated rings. The van der Waals surface area contributed by atoms with Gasteiger partial charge in [0.1, 0.15) is 5.82 Å². The summed E-state index contributed by atoms with van der Waals surface area (Å²) in [6, 6.07) is 12.0. The first-order valence-electron chi connectivity index (χ1n) is 9.36. The Bertz CT molecular complexity index is 1090. The molecular formula is C22H18FN3O3S. The number of hydrogen-bond donors (Lipinski definition) is 0. The molecule has 0 radical (unpaired) electrons. The molecule has 30 heavy (non-hydrogen) atoms. The van der Waals surface area contributed by atoms with Gasteiger partial charge >= 0.3 is 0 Å². The fourth-order valence-corrected chi connectivity index (χ4v) is 3.92. The molecule has 0 aliphatic carbocycles. The number of carbonyl (C=O) groups is 3. The van der Waals surface area contributed by atoms with Crippen molar-refractivity contribution in [1.82, 2.24) is 4.98 Å². The third-order valence-electron chi connectivity index (χ3n) is 4.79. The van der Waals surface area contributed by atoms with E-state index in [9.17, 15) is 18.8 Å². The largest absolute Gasteiger partial charge is 0.302 e. The molecule has 2 heterocycles. The normalized spacial score (nSPS) is 13.7. The SMILES string of the molecule is Cc1nc(CN(C(=O)c2ccc(N3C(=O)CCC3=O)cc2)c2ccc(F)cc2)cs1. The Morgan fingerprint density at radius 3 is 2.27 bits per heavy atom. The van der Waals surface area contributed by atoms with Crippen molar-refractivity contribution in [3.8, 4) is 0 Å². The highest BCUT2D eigenvalue weighted by molar-refractivity contribution is 7.09. The Morgan fingerprint density at radius 2 is 1.70 bits per heavy atom. The van der Waals surface area contributed by atoms with Gasteiger partial charge in [-0.15, -0.1) is 11.3 Å². The predicted molar refractivity (Wildman–Crippen MR) is 112 cm³/mol. The van der Waals surface area contributed by atoms with Crippen molar-refractivity contribution in [2.75, 3.05) is 9.80 Å². The molecule has 1 aliphatic rings. The molecular weight excluding hydrogens is 405 g/mol. The smallest absolute Gasteiger partial charge is 0.258 e. The number of aromatic nitrogens is 1. The lowest BCUT2D eigenvalue weighted by molar-refractivity contribution is -0.121. The van der Waals surface area contributed by atoms with Crippen LogP contribution >= 0.6 is 11.3 Å². The summed E-state index contributed by atoms with van der Waals surface area (Å²) in [7, 11) is 0. The number of anilines is 2. The lowest BCUT2D eigenvalue weighted by atomic mass is 10.1. The second-order valence-corrected chi connectivity index (χ2v) is 7.96. The van der Waals surface area contributed by atoms with E-state index in [1.165, 1.54) is 28.4 Å². The van der Waals surface area contributed by atoms with Crippen molar-refractivity contribution in [1.29, 1.82) is 0 Å². The van der Waals surface area contributed by atoms with Crippen LogP contribution in [-0.2, 0) is 16.1 Å². The van der Waals surface area contributed by atoms with Gasteiger partial charge in [-0.25, -0.2) is 9.37 Å². The van der Waals surface area contributed by atoms with Crippen LogP contribution in [0.2, 0.25) is 0 Å². The van der Waals surface area contributed by atoms with Crippen molar-refractivity contribution in [2.45, 2.75) is 26.3 Å². The number of amides is 3. The average molecular weight is 423 g/mol. The van der Waals surface area contributed by atoms with Crippen LogP contribution in [0.1, 0.15) is 33.9 Å². The van der Waals surface area contributed by atoms with E-state index in [1.54, 1.807) is 36.4 Å². The van der Waals surface area contributed by atoms with Gasteiger partial charge in [0.15, 0.2) is 0 Å². The maximum atomic E-state index is 13.4. The molecule has 2 aromatic carbocycles. The maximum absolute atomic E-state index is 13.4. The van der Waals surface area contributed by atoms with E-state index in [2.05, 4.69) is 4.98 Å². The van der Waals surface area contributed by atoms with E-state index in [4.69, 9.17) is 0 Å².